The summed E-state index contributed by atoms with van der Waals surface area (Å²) in [5, 5.41) is 9.07. The summed E-state index contributed by atoms with van der Waals surface area (Å²) < 4.78 is 0. The first-order valence-electron chi connectivity index (χ1n) is 4.96. The topological polar surface area (TPSA) is 23.5 Å². The Labute approximate surface area is 81.9 Å². The van der Waals surface area contributed by atoms with Gasteiger partial charge in [-0.15, -0.1) is 12.8 Å². The molecule has 0 saturated carbocycles. The fraction of sp³-hybridized carbons (Fsp3) is 0.818. The molecule has 2 nitrogen and oxygen atoms in total. The number of hydrogen-bond acceptors (Lipinski definition) is 2. The molecular formula is C11H21NO. The van der Waals surface area contributed by atoms with E-state index in [-0.39, 0.29) is 0 Å². The second kappa shape index (κ2) is 6.94. The number of nitrogens with zero attached hydrogens (tertiary/aromatic N) is 1. The fourth-order valence-corrected chi connectivity index (χ4v) is 1.91. The highest BCUT2D eigenvalue weighted by Gasteiger charge is 2.23. The monoisotopic (exact) mass is 183 g/mol. The van der Waals surface area contributed by atoms with Crippen molar-refractivity contribution >= 4 is 0 Å². The molecular weight excluding hydrogens is 162 g/mol. The Bertz CT molecular complexity index is 144. The number of likely N-dealkylation sites (N-methyl/N-ethyl adjacent to an activating group) is 1. The maximum absolute atomic E-state index is 9.07. The minimum absolute atomic E-state index is 0.332. The van der Waals surface area contributed by atoms with Crippen molar-refractivity contribution in [3.63, 3.8) is 0 Å². The summed E-state index contributed by atoms with van der Waals surface area (Å²) in [5.74, 6) is 0.801. The van der Waals surface area contributed by atoms with Crippen molar-refractivity contribution in [2.45, 2.75) is 32.7 Å². The molecule has 1 saturated heterocycles. The van der Waals surface area contributed by atoms with Crippen LogP contribution >= 0.6 is 0 Å². The molecule has 0 radical (unpaired) electrons. The van der Waals surface area contributed by atoms with Crippen LogP contribution in [0.25, 0.3) is 0 Å². The van der Waals surface area contributed by atoms with Crippen LogP contribution in [0.2, 0.25) is 0 Å². The molecule has 0 aromatic rings. The van der Waals surface area contributed by atoms with Gasteiger partial charge >= 0.3 is 0 Å². The van der Waals surface area contributed by atoms with E-state index in [2.05, 4.69) is 31.6 Å². The zero-order chi connectivity index (χ0) is 10.3. The summed E-state index contributed by atoms with van der Waals surface area (Å²) in [7, 11) is 0. The highest BCUT2D eigenvalue weighted by Crippen LogP contribution is 2.21. The standard InChI is InChI=1S/C9H19NO.C2H2/c1-3-10-5-4-8(2)6-9(10)7-11;1-2/h8-9,11H,3-7H2,1-2H3;1-2H/t8-,9+;/m1./s1. The number of terminal acetylenes is 1. The van der Waals surface area contributed by atoms with E-state index in [4.69, 9.17) is 5.11 Å². The van der Waals surface area contributed by atoms with Crippen LogP contribution in [0.3, 0.4) is 0 Å². The number of rotatable bonds is 2. The molecule has 1 aliphatic heterocycles. The maximum Gasteiger partial charge on any atom is 0.0586 e. The zero-order valence-electron chi connectivity index (χ0n) is 8.74. The number of piperidine rings is 1. The first kappa shape index (κ1) is 12.5. The molecule has 13 heavy (non-hydrogen) atoms. The van der Waals surface area contributed by atoms with Crippen LogP contribution in [0.5, 0.6) is 0 Å². The number of aliphatic hydroxyl groups excluding tert-OH is 1. The van der Waals surface area contributed by atoms with E-state index < -0.39 is 0 Å². The van der Waals surface area contributed by atoms with Crippen molar-refractivity contribution in [2.75, 3.05) is 19.7 Å². The average molecular weight is 183 g/mol. The summed E-state index contributed by atoms with van der Waals surface area (Å²) >= 11 is 0. The minimum Gasteiger partial charge on any atom is -0.395 e. The van der Waals surface area contributed by atoms with Crippen molar-refractivity contribution in [3.05, 3.63) is 0 Å². The van der Waals surface area contributed by atoms with E-state index in [1.54, 1.807) is 0 Å². The molecule has 0 unspecified atom stereocenters. The van der Waals surface area contributed by atoms with E-state index in [9.17, 15) is 0 Å². The summed E-state index contributed by atoms with van der Waals surface area (Å²) in [6.45, 7) is 7.02. The molecule has 1 fully saturated rings. The minimum atomic E-state index is 0.332. The van der Waals surface area contributed by atoms with Gasteiger partial charge < -0.3 is 5.11 Å². The first-order valence-corrected chi connectivity index (χ1v) is 4.96. The smallest absolute Gasteiger partial charge is 0.0586 e. The molecule has 1 heterocycles. The second-order valence-electron chi connectivity index (χ2n) is 3.59. The molecule has 0 amide bonds. The Morgan fingerprint density at radius 1 is 1.46 bits per heavy atom. The van der Waals surface area contributed by atoms with Gasteiger partial charge in [-0.1, -0.05) is 13.8 Å². The first-order chi connectivity index (χ1) is 6.27. The van der Waals surface area contributed by atoms with Gasteiger partial charge in [0.2, 0.25) is 0 Å². The molecule has 0 aromatic carbocycles. The van der Waals surface area contributed by atoms with Crippen molar-refractivity contribution in [1.82, 2.24) is 4.90 Å². The highest BCUT2D eigenvalue weighted by molar-refractivity contribution is 4.78. The quantitative estimate of drug-likeness (QED) is 0.653. The third kappa shape index (κ3) is 3.80. The van der Waals surface area contributed by atoms with Crippen molar-refractivity contribution in [1.29, 1.82) is 0 Å². The third-order valence-electron chi connectivity index (χ3n) is 2.72. The number of likely N-dealkylation sites (tertiary alicyclic amines) is 1. The molecule has 1 aliphatic rings. The Balaban J connectivity index is 0.000000671. The van der Waals surface area contributed by atoms with Crippen molar-refractivity contribution < 1.29 is 5.11 Å². The van der Waals surface area contributed by atoms with Crippen molar-refractivity contribution in [2.24, 2.45) is 5.92 Å². The van der Waals surface area contributed by atoms with Gasteiger partial charge in [-0.3, -0.25) is 4.90 Å². The lowest BCUT2D eigenvalue weighted by molar-refractivity contribution is 0.0739. The Morgan fingerprint density at radius 2 is 2.08 bits per heavy atom. The van der Waals surface area contributed by atoms with Gasteiger partial charge in [0.1, 0.15) is 0 Å². The zero-order valence-corrected chi connectivity index (χ0v) is 8.74. The van der Waals surface area contributed by atoms with E-state index in [1.807, 2.05) is 0 Å². The van der Waals surface area contributed by atoms with E-state index in [0.29, 0.717) is 12.6 Å². The summed E-state index contributed by atoms with van der Waals surface area (Å²) in [4.78, 5) is 2.38. The van der Waals surface area contributed by atoms with Gasteiger partial charge in [0, 0.05) is 6.04 Å². The van der Waals surface area contributed by atoms with E-state index in [0.717, 1.165) is 12.5 Å². The largest absolute Gasteiger partial charge is 0.395 e. The molecule has 76 valence electrons. The van der Waals surface area contributed by atoms with Crippen LogP contribution in [0.1, 0.15) is 26.7 Å². The summed E-state index contributed by atoms with van der Waals surface area (Å²) in [5.41, 5.74) is 0. The van der Waals surface area contributed by atoms with Gasteiger partial charge in [-0.25, -0.2) is 0 Å². The fourth-order valence-electron chi connectivity index (χ4n) is 1.91. The summed E-state index contributed by atoms with van der Waals surface area (Å²) in [6.07, 6.45) is 10.5. The Morgan fingerprint density at radius 3 is 2.54 bits per heavy atom. The number of aliphatic hydroxyl groups is 1. The third-order valence-corrected chi connectivity index (χ3v) is 2.72. The molecule has 0 aromatic heterocycles. The van der Waals surface area contributed by atoms with Gasteiger partial charge in [0.05, 0.1) is 6.61 Å². The lowest BCUT2D eigenvalue weighted by Gasteiger charge is -2.36. The van der Waals surface area contributed by atoms with Crippen LogP contribution in [0, 0.1) is 18.8 Å². The highest BCUT2D eigenvalue weighted by atomic mass is 16.3. The second-order valence-corrected chi connectivity index (χ2v) is 3.59. The summed E-state index contributed by atoms with van der Waals surface area (Å²) in [6, 6.07) is 0.434. The molecule has 1 N–H and O–H groups in total. The molecule has 0 spiro atoms. The lowest BCUT2D eigenvalue weighted by Crippen LogP contribution is -2.43. The van der Waals surface area contributed by atoms with Crippen LogP contribution in [0.4, 0.5) is 0 Å². The van der Waals surface area contributed by atoms with E-state index >= 15 is 0 Å². The van der Waals surface area contributed by atoms with Gasteiger partial charge in [0.15, 0.2) is 0 Å². The van der Waals surface area contributed by atoms with Crippen LogP contribution < -0.4 is 0 Å². The van der Waals surface area contributed by atoms with Gasteiger partial charge in [-0.05, 0) is 31.8 Å². The predicted octanol–water partition coefficient (Wildman–Crippen LogP) is 1.35. The Kier molecular flexibility index (Phi) is 6.66. The molecule has 0 bridgehead atoms. The average Bonchev–Trinajstić information content (AvgIpc) is 2.20. The number of hydrogen-bond donors (Lipinski definition) is 1. The van der Waals surface area contributed by atoms with E-state index in [1.165, 1.54) is 19.4 Å². The van der Waals surface area contributed by atoms with Crippen LogP contribution in [0.15, 0.2) is 0 Å². The molecule has 0 aliphatic carbocycles. The normalized spacial score (nSPS) is 29.0. The SMILES string of the molecule is C#C.CCN1CC[C@@H](C)C[C@H]1CO. The Hall–Kier alpha value is -0.520. The molecule has 2 atom stereocenters. The maximum atomic E-state index is 9.07. The molecule has 1 rings (SSSR count). The van der Waals surface area contributed by atoms with Crippen LogP contribution in [-0.2, 0) is 0 Å². The predicted molar refractivity (Wildman–Crippen MR) is 56.4 cm³/mol. The van der Waals surface area contributed by atoms with Crippen molar-refractivity contribution in [3.8, 4) is 12.8 Å². The van der Waals surface area contributed by atoms with Gasteiger partial charge in [-0.2, -0.15) is 0 Å². The molecule has 2 heteroatoms. The lowest BCUT2D eigenvalue weighted by atomic mass is 9.93. The van der Waals surface area contributed by atoms with Crippen LogP contribution in [-0.4, -0.2) is 35.7 Å². The van der Waals surface area contributed by atoms with Gasteiger partial charge in [0.25, 0.3) is 0 Å².